The van der Waals surface area contributed by atoms with Crippen LogP contribution < -0.4 is 0 Å². The highest BCUT2D eigenvalue weighted by Gasteiger charge is 1.93. The van der Waals surface area contributed by atoms with Crippen molar-refractivity contribution in [2.24, 2.45) is 4.99 Å². The lowest BCUT2D eigenvalue weighted by Gasteiger charge is -1.98. The standard InChI is InChI=1S/C5H7NO/c7-5-2-1-3-6-4-5/h1-2,4-5,7H,3H2. The summed E-state index contributed by atoms with van der Waals surface area (Å²) in [5.41, 5.74) is 0. The van der Waals surface area contributed by atoms with Gasteiger partial charge in [-0.2, -0.15) is 0 Å². The Morgan fingerprint density at radius 1 is 1.71 bits per heavy atom. The minimum atomic E-state index is -0.436. The van der Waals surface area contributed by atoms with Crippen LogP contribution in [0.25, 0.3) is 0 Å². The number of aliphatic hydroxyl groups excluding tert-OH is 1. The van der Waals surface area contributed by atoms with Crippen LogP contribution in [0.4, 0.5) is 0 Å². The number of dihydropyridines is 1. The quantitative estimate of drug-likeness (QED) is 0.423. The molecule has 0 amide bonds. The molecule has 0 radical (unpaired) electrons. The summed E-state index contributed by atoms with van der Waals surface area (Å²) in [5, 5.41) is 8.67. The molecule has 0 aromatic carbocycles. The summed E-state index contributed by atoms with van der Waals surface area (Å²) < 4.78 is 0. The van der Waals surface area contributed by atoms with E-state index in [1.807, 2.05) is 6.08 Å². The predicted molar refractivity (Wildman–Crippen MR) is 28.5 cm³/mol. The third-order valence-corrected chi connectivity index (χ3v) is 0.802. The van der Waals surface area contributed by atoms with Crippen molar-refractivity contribution in [1.82, 2.24) is 0 Å². The summed E-state index contributed by atoms with van der Waals surface area (Å²) in [4.78, 5) is 3.80. The van der Waals surface area contributed by atoms with Gasteiger partial charge in [0.25, 0.3) is 0 Å². The van der Waals surface area contributed by atoms with E-state index in [1.54, 1.807) is 6.08 Å². The molecule has 0 fully saturated rings. The topological polar surface area (TPSA) is 32.6 Å². The van der Waals surface area contributed by atoms with E-state index >= 15 is 0 Å². The minimum Gasteiger partial charge on any atom is -0.383 e. The Labute approximate surface area is 42.2 Å². The van der Waals surface area contributed by atoms with E-state index in [0.29, 0.717) is 0 Å². The van der Waals surface area contributed by atoms with Gasteiger partial charge in [-0.25, -0.2) is 0 Å². The number of aliphatic hydroxyl groups is 1. The van der Waals surface area contributed by atoms with E-state index < -0.39 is 6.10 Å². The van der Waals surface area contributed by atoms with E-state index in [-0.39, 0.29) is 0 Å². The second-order valence-electron chi connectivity index (χ2n) is 1.43. The number of nitrogens with zero attached hydrogens (tertiary/aromatic N) is 1. The fourth-order valence-electron chi connectivity index (χ4n) is 0.480. The maximum Gasteiger partial charge on any atom is 0.107 e. The molecular weight excluding hydrogens is 90.1 g/mol. The van der Waals surface area contributed by atoms with Crippen molar-refractivity contribution in [3.8, 4) is 0 Å². The normalized spacial score (nSPS) is 28.4. The Bertz CT molecular complexity index is 94.6. The molecule has 0 saturated heterocycles. The summed E-state index contributed by atoms with van der Waals surface area (Å²) in [6.07, 6.45) is 4.64. The van der Waals surface area contributed by atoms with Crippen molar-refractivity contribution in [3.05, 3.63) is 12.2 Å². The molecular formula is C5H7NO. The molecule has 1 N–H and O–H groups in total. The fraction of sp³-hybridized carbons (Fsp3) is 0.400. The van der Waals surface area contributed by atoms with Crippen LogP contribution in [0.3, 0.4) is 0 Å². The van der Waals surface area contributed by atoms with Gasteiger partial charge in [-0.05, 0) is 0 Å². The number of hydrogen-bond acceptors (Lipinski definition) is 2. The van der Waals surface area contributed by atoms with Crippen LogP contribution in [0.1, 0.15) is 0 Å². The molecule has 1 rings (SSSR count). The molecule has 0 aromatic heterocycles. The molecule has 0 aliphatic carbocycles. The Morgan fingerprint density at radius 2 is 2.57 bits per heavy atom. The average molecular weight is 97.1 g/mol. The first-order valence-corrected chi connectivity index (χ1v) is 2.24. The first-order valence-electron chi connectivity index (χ1n) is 2.24. The molecule has 1 atom stereocenters. The summed E-state index contributed by atoms with van der Waals surface area (Å²) in [6.45, 7) is 0.719. The van der Waals surface area contributed by atoms with Crippen LogP contribution in [-0.2, 0) is 0 Å². The lowest BCUT2D eigenvalue weighted by Crippen LogP contribution is -2.06. The van der Waals surface area contributed by atoms with Gasteiger partial charge < -0.3 is 5.11 Å². The predicted octanol–water partition coefficient (Wildman–Crippen LogP) is -0.0121. The Hall–Kier alpha value is -0.630. The highest BCUT2D eigenvalue weighted by molar-refractivity contribution is 5.66. The smallest absolute Gasteiger partial charge is 0.107 e. The zero-order chi connectivity index (χ0) is 5.11. The number of hydrogen-bond donors (Lipinski definition) is 1. The third kappa shape index (κ3) is 1.12. The van der Waals surface area contributed by atoms with Gasteiger partial charge in [-0.3, -0.25) is 4.99 Å². The monoisotopic (exact) mass is 97.1 g/mol. The number of aliphatic imine (C=N–C) groups is 1. The van der Waals surface area contributed by atoms with Crippen LogP contribution in [0.5, 0.6) is 0 Å². The minimum absolute atomic E-state index is 0.436. The molecule has 0 bridgehead atoms. The van der Waals surface area contributed by atoms with Gasteiger partial charge in [0, 0.05) is 6.21 Å². The van der Waals surface area contributed by atoms with E-state index in [0.717, 1.165) is 6.54 Å². The Morgan fingerprint density at radius 3 is 2.86 bits per heavy atom. The van der Waals surface area contributed by atoms with Crippen molar-refractivity contribution in [2.75, 3.05) is 6.54 Å². The molecule has 0 aromatic rings. The summed E-state index contributed by atoms with van der Waals surface area (Å²) in [5.74, 6) is 0. The van der Waals surface area contributed by atoms with Crippen molar-refractivity contribution in [2.45, 2.75) is 6.10 Å². The molecule has 0 saturated carbocycles. The lowest BCUT2D eigenvalue weighted by molar-refractivity contribution is 0.292. The molecule has 1 aliphatic rings. The fourth-order valence-corrected chi connectivity index (χ4v) is 0.480. The average Bonchev–Trinajstić information content (AvgIpc) is 1.69. The Kier molecular flexibility index (Phi) is 1.22. The molecule has 1 aliphatic heterocycles. The third-order valence-electron chi connectivity index (χ3n) is 0.802. The maximum absolute atomic E-state index is 8.67. The largest absolute Gasteiger partial charge is 0.383 e. The molecule has 0 spiro atoms. The van der Waals surface area contributed by atoms with Gasteiger partial charge in [-0.15, -0.1) is 0 Å². The lowest BCUT2D eigenvalue weighted by atomic mass is 10.3. The van der Waals surface area contributed by atoms with Gasteiger partial charge in [-0.1, -0.05) is 12.2 Å². The molecule has 2 nitrogen and oxygen atoms in total. The maximum atomic E-state index is 8.67. The van der Waals surface area contributed by atoms with Crippen LogP contribution >= 0.6 is 0 Å². The van der Waals surface area contributed by atoms with Gasteiger partial charge >= 0.3 is 0 Å². The molecule has 1 unspecified atom stereocenters. The van der Waals surface area contributed by atoms with Gasteiger partial charge in [0.1, 0.15) is 6.10 Å². The van der Waals surface area contributed by atoms with Crippen molar-refractivity contribution in [1.29, 1.82) is 0 Å². The zero-order valence-electron chi connectivity index (χ0n) is 3.91. The zero-order valence-corrected chi connectivity index (χ0v) is 3.91. The van der Waals surface area contributed by atoms with Gasteiger partial charge in [0.15, 0.2) is 0 Å². The number of rotatable bonds is 0. The Balaban J connectivity index is 2.49. The SMILES string of the molecule is OC1C=CCN=C1. The van der Waals surface area contributed by atoms with E-state index in [4.69, 9.17) is 5.11 Å². The first kappa shape index (κ1) is 4.53. The highest BCUT2D eigenvalue weighted by Crippen LogP contribution is 1.88. The van der Waals surface area contributed by atoms with Crippen LogP contribution in [0.2, 0.25) is 0 Å². The van der Waals surface area contributed by atoms with Crippen LogP contribution in [0.15, 0.2) is 17.1 Å². The second kappa shape index (κ2) is 1.89. The van der Waals surface area contributed by atoms with Crippen LogP contribution in [0, 0.1) is 0 Å². The highest BCUT2D eigenvalue weighted by atomic mass is 16.3. The summed E-state index contributed by atoms with van der Waals surface area (Å²) in [7, 11) is 0. The molecule has 2 heteroatoms. The van der Waals surface area contributed by atoms with Crippen LogP contribution in [-0.4, -0.2) is 24.0 Å². The van der Waals surface area contributed by atoms with Crippen molar-refractivity contribution >= 4 is 6.21 Å². The summed E-state index contributed by atoms with van der Waals surface area (Å²) >= 11 is 0. The molecule has 7 heavy (non-hydrogen) atoms. The van der Waals surface area contributed by atoms with E-state index in [1.165, 1.54) is 6.21 Å². The van der Waals surface area contributed by atoms with Gasteiger partial charge in [0.2, 0.25) is 0 Å². The van der Waals surface area contributed by atoms with Gasteiger partial charge in [0.05, 0.1) is 6.54 Å². The molecule has 1 heterocycles. The van der Waals surface area contributed by atoms with Crippen molar-refractivity contribution < 1.29 is 5.11 Å². The van der Waals surface area contributed by atoms with E-state index in [9.17, 15) is 0 Å². The summed E-state index contributed by atoms with van der Waals surface area (Å²) in [6, 6.07) is 0. The second-order valence-corrected chi connectivity index (χ2v) is 1.43. The van der Waals surface area contributed by atoms with E-state index in [2.05, 4.69) is 4.99 Å². The first-order chi connectivity index (χ1) is 3.39. The van der Waals surface area contributed by atoms with Crippen molar-refractivity contribution in [3.63, 3.8) is 0 Å². The molecule has 38 valence electrons.